The highest BCUT2D eigenvalue weighted by atomic mass is 35.5. The molecule has 0 atom stereocenters. The van der Waals surface area contributed by atoms with Crippen LogP contribution in [0.1, 0.15) is 46.2 Å². The Hall–Kier alpha value is -2.43. The number of sulfonamides is 1. The maximum absolute atomic E-state index is 12.8. The van der Waals surface area contributed by atoms with Crippen LogP contribution < -0.4 is 14.9 Å². The first kappa shape index (κ1) is 27.2. The molecule has 0 aromatic carbocycles. The number of amides is 1. The number of nitrogens with one attached hydrogen (secondary N) is 2. The second-order valence-electron chi connectivity index (χ2n) is 9.77. The second kappa shape index (κ2) is 11.1. The summed E-state index contributed by atoms with van der Waals surface area (Å²) in [5.41, 5.74) is 0.105. The summed E-state index contributed by atoms with van der Waals surface area (Å²) in [5, 5.41) is 3.80. The molecule has 0 spiro atoms. The molecular weight excluding hydrogens is 490 g/mol. The topological polar surface area (TPSA) is 114 Å². The Balaban J connectivity index is 2.07. The Kier molecular flexibility index (Phi) is 8.61. The first-order valence-corrected chi connectivity index (χ1v) is 13.9. The van der Waals surface area contributed by atoms with Crippen LogP contribution in [0, 0.1) is 5.92 Å². The van der Waals surface area contributed by atoms with Gasteiger partial charge >= 0.3 is 0 Å². The third-order valence-electron chi connectivity index (χ3n) is 5.84. The highest BCUT2D eigenvalue weighted by Crippen LogP contribution is 2.34. The summed E-state index contributed by atoms with van der Waals surface area (Å²) in [6.45, 7) is 9.83. The van der Waals surface area contributed by atoms with E-state index in [9.17, 15) is 13.2 Å². The molecule has 0 aliphatic carbocycles. The van der Waals surface area contributed by atoms with Gasteiger partial charge in [-0.25, -0.2) is 18.4 Å². The minimum Gasteiger partial charge on any atom is -0.381 e. The van der Waals surface area contributed by atoms with Gasteiger partial charge in [0, 0.05) is 32.0 Å². The highest BCUT2D eigenvalue weighted by molar-refractivity contribution is 7.89. The average molecular weight is 524 g/mol. The zero-order valence-corrected chi connectivity index (χ0v) is 22.4. The predicted octanol–water partition coefficient (Wildman–Crippen LogP) is 3.87. The van der Waals surface area contributed by atoms with Crippen LogP contribution in [-0.4, -0.2) is 56.3 Å². The molecule has 2 aromatic rings. The quantitative estimate of drug-likeness (QED) is 0.509. The molecular formula is C24H34ClN5O4S. The van der Waals surface area contributed by atoms with Crippen LogP contribution in [0.5, 0.6) is 0 Å². The lowest BCUT2D eigenvalue weighted by molar-refractivity contribution is -0.123. The average Bonchev–Trinajstić information content (AvgIpc) is 2.78. The van der Waals surface area contributed by atoms with Crippen molar-refractivity contribution in [3.8, 4) is 0 Å². The van der Waals surface area contributed by atoms with Gasteiger partial charge in [-0.05, 0) is 56.9 Å². The molecule has 1 saturated heterocycles. The molecule has 11 heteroatoms. The van der Waals surface area contributed by atoms with Crippen molar-refractivity contribution in [3.05, 3.63) is 41.2 Å². The lowest BCUT2D eigenvalue weighted by atomic mass is 9.88. The minimum absolute atomic E-state index is 0.277. The van der Waals surface area contributed by atoms with Crippen LogP contribution in [0.15, 0.2) is 30.5 Å². The van der Waals surface area contributed by atoms with Crippen LogP contribution in [0.25, 0.3) is 0 Å². The fourth-order valence-corrected chi connectivity index (χ4v) is 4.65. The summed E-state index contributed by atoms with van der Waals surface area (Å²) in [4.78, 5) is 24.3. The van der Waals surface area contributed by atoms with Gasteiger partial charge in [0.15, 0.2) is 5.82 Å². The molecule has 0 unspecified atom stereocenters. The fraction of sp³-hybridized carbons (Fsp3) is 0.542. The fourth-order valence-electron chi connectivity index (χ4n) is 3.94. The molecule has 3 rings (SSSR count). The van der Waals surface area contributed by atoms with E-state index in [4.69, 9.17) is 21.3 Å². The first-order chi connectivity index (χ1) is 16.4. The van der Waals surface area contributed by atoms with Crippen LogP contribution >= 0.6 is 11.6 Å². The van der Waals surface area contributed by atoms with Gasteiger partial charge in [0.05, 0.1) is 28.1 Å². The van der Waals surface area contributed by atoms with E-state index in [1.54, 1.807) is 38.2 Å². The van der Waals surface area contributed by atoms with Crippen LogP contribution in [0.4, 0.5) is 17.3 Å². The Labute approximate surface area is 212 Å². The number of hydrogen-bond acceptors (Lipinski definition) is 8. The van der Waals surface area contributed by atoms with Gasteiger partial charge in [-0.2, -0.15) is 0 Å². The summed E-state index contributed by atoms with van der Waals surface area (Å²) in [6.07, 6.45) is 4.29. The summed E-state index contributed by atoms with van der Waals surface area (Å²) in [5.74, 6) is 0.829. The molecule has 0 bridgehead atoms. The van der Waals surface area contributed by atoms with E-state index in [-0.39, 0.29) is 6.04 Å². The van der Waals surface area contributed by atoms with Crippen molar-refractivity contribution in [2.45, 2.75) is 52.0 Å². The third kappa shape index (κ3) is 7.28. The Morgan fingerprint density at radius 1 is 1.23 bits per heavy atom. The van der Waals surface area contributed by atoms with E-state index in [1.807, 2.05) is 6.07 Å². The number of carbonyl (C=O) groups is 1. The largest absolute Gasteiger partial charge is 0.381 e. The number of rotatable bonds is 9. The molecule has 1 fully saturated rings. The normalized spacial score (nSPS) is 15.2. The zero-order valence-electron chi connectivity index (χ0n) is 20.8. The van der Waals surface area contributed by atoms with E-state index in [0.29, 0.717) is 41.5 Å². The van der Waals surface area contributed by atoms with Gasteiger partial charge < -0.3 is 15.0 Å². The van der Waals surface area contributed by atoms with E-state index in [2.05, 4.69) is 33.8 Å². The standard InChI is InChI=1S/C24H34ClN5O4S/c1-16(2)15-30(18-10-12-34-13-11-18)19-7-8-20(24(3,4)23(31)29-35(5,32)33)27-22(19)28-21-9-6-17(25)14-26-21/h6-9,14,16,18H,10-13,15H2,1-5H3,(H,29,31)(H,26,27,28). The smallest absolute Gasteiger partial charge is 0.245 e. The number of pyridine rings is 2. The molecule has 2 aromatic heterocycles. The van der Waals surface area contributed by atoms with Gasteiger partial charge in [0.2, 0.25) is 15.9 Å². The summed E-state index contributed by atoms with van der Waals surface area (Å²) in [7, 11) is -3.71. The van der Waals surface area contributed by atoms with Crippen molar-refractivity contribution < 1.29 is 17.9 Å². The van der Waals surface area contributed by atoms with Gasteiger partial charge in [-0.3, -0.25) is 9.52 Å². The van der Waals surface area contributed by atoms with E-state index in [0.717, 1.165) is 31.3 Å². The summed E-state index contributed by atoms with van der Waals surface area (Å²) in [6, 6.07) is 7.48. The molecule has 1 amide bonds. The summed E-state index contributed by atoms with van der Waals surface area (Å²) < 4.78 is 31.0. The van der Waals surface area contributed by atoms with Crippen LogP contribution in [-0.2, 0) is 25.0 Å². The number of hydrogen-bond donors (Lipinski definition) is 2. The molecule has 1 aliphatic heterocycles. The lowest BCUT2D eigenvalue weighted by Gasteiger charge is -2.38. The number of anilines is 3. The maximum Gasteiger partial charge on any atom is 0.245 e. The Morgan fingerprint density at radius 3 is 2.49 bits per heavy atom. The number of aromatic nitrogens is 2. The van der Waals surface area contributed by atoms with Crippen molar-refractivity contribution in [2.75, 3.05) is 36.2 Å². The van der Waals surface area contributed by atoms with Crippen molar-refractivity contribution in [1.29, 1.82) is 0 Å². The molecule has 35 heavy (non-hydrogen) atoms. The number of halogens is 1. The molecule has 9 nitrogen and oxygen atoms in total. The van der Waals surface area contributed by atoms with Crippen LogP contribution in [0.3, 0.4) is 0 Å². The van der Waals surface area contributed by atoms with Gasteiger partial charge in [0.1, 0.15) is 5.82 Å². The minimum atomic E-state index is -3.71. The number of carbonyl (C=O) groups excluding carboxylic acids is 1. The number of nitrogens with zero attached hydrogens (tertiary/aromatic N) is 3. The lowest BCUT2D eigenvalue weighted by Crippen LogP contribution is -2.44. The van der Waals surface area contributed by atoms with E-state index >= 15 is 0 Å². The predicted molar refractivity (Wildman–Crippen MR) is 139 cm³/mol. The first-order valence-electron chi connectivity index (χ1n) is 11.6. The zero-order chi connectivity index (χ0) is 25.8. The molecule has 3 heterocycles. The van der Waals surface area contributed by atoms with E-state index < -0.39 is 21.3 Å². The molecule has 1 aliphatic rings. The van der Waals surface area contributed by atoms with Gasteiger partial charge in [-0.1, -0.05) is 25.4 Å². The SMILES string of the molecule is CC(C)CN(c1ccc(C(C)(C)C(=O)NS(C)(=O)=O)nc1Nc1ccc(Cl)cn1)C1CCOCC1. The molecule has 192 valence electrons. The van der Waals surface area contributed by atoms with Crippen molar-refractivity contribution in [1.82, 2.24) is 14.7 Å². The molecule has 2 N–H and O–H groups in total. The summed E-state index contributed by atoms with van der Waals surface area (Å²) >= 11 is 6.01. The monoisotopic (exact) mass is 523 g/mol. The second-order valence-corrected chi connectivity index (χ2v) is 12.0. The Bertz CT molecular complexity index is 1130. The maximum atomic E-state index is 12.8. The molecule has 0 saturated carbocycles. The van der Waals surface area contributed by atoms with Crippen molar-refractivity contribution in [2.24, 2.45) is 5.92 Å². The van der Waals surface area contributed by atoms with Crippen LogP contribution in [0.2, 0.25) is 5.02 Å². The van der Waals surface area contributed by atoms with Crippen molar-refractivity contribution >= 4 is 44.9 Å². The van der Waals surface area contributed by atoms with Gasteiger partial charge in [-0.15, -0.1) is 0 Å². The third-order valence-corrected chi connectivity index (χ3v) is 6.62. The number of ether oxygens (including phenoxy) is 1. The molecule has 0 radical (unpaired) electrons. The Morgan fingerprint density at radius 2 is 1.91 bits per heavy atom. The highest BCUT2D eigenvalue weighted by Gasteiger charge is 2.34. The van der Waals surface area contributed by atoms with Crippen molar-refractivity contribution in [3.63, 3.8) is 0 Å². The van der Waals surface area contributed by atoms with E-state index in [1.165, 1.54) is 0 Å². The van der Waals surface area contributed by atoms with Gasteiger partial charge in [0.25, 0.3) is 0 Å².